The van der Waals surface area contributed by atoms with Crippen molar-refractivity contribution in [3.05, 3.63) is 26.5 Å². The van der Waals surface area contributed by atoms with Gasteiger partial charge in [-0.3, -0.25) is 0 Å². The molecule has 0 radical (unpaired) electrons. The first-order chi connectivity index (χ1) is 6.16. The first-order valence-electron chi connectivity index (χ1n) is 3.42. The van der Waals surface area contributed by atoms with Crippen LogP contribution in [-0.4, -0.2) is 13.9 Å². The van der Waals surface area contributed by atoms with Gasteiger partial charge in [0.1, 0.15) is 11.6 Å². The molecular weight excluding hydrogens is 309 g/mol. The predicted molar refractivity (Wildman–Crippen MR) is 56.6 cm³/mol. The quantitative estimate of drug-likeness (QED) is 0.485. The topological polar surface area (TPSA) is 18.5 Å². The van der Waals surface area contributed by atoms with Crippen LogP contribution in [-0.2, 0) is 4.74 Å². The third kappa shape index (κ3) is 2.69. The van der Waals surface area contributed by atoms with E-state index in [1.807, 2.05) is 22.6 Å². The van der Waals surface area contributed by atoms with Gasteiger partial charge in [-0.25, -0.2) is 4.39 Å². The molecule has 0 aliphatic rings. The Balaban J connectivity index is 2.90. The average Bonchev–Trinajstić information content (AvgIpc) is 2.13. The van der Waals surface area contributed by atoms with E-state index in [1.165, 1.54) is 19.2 Å². The zero-order chi connectivity index (χ0) is 9.84. The molecule has 5 heteroatoms. The number of ether oxygens (including phenoxy) is 2. The van der Waals surface area contributed by atoms with Gasteiger partial charge in [0, 0.05) is 7.11 Å². The number of halogens is 3. The lowest BCUT2D eigenvalue weighted by atomic mass is 10.3. The fourth-order valence-corrected chi connectivity index (χ4v) is 1.40. The minimum atomic E-state index is -0.352. The molecule has 0 aliphatic heterocycles. The lowest BCUT2D eigenvalue weighted by Gasteiger charge is -2.07. The Morgan fingerprint density at radius 3 is 2.85 bits per heavy atom. The summed E-state index contributed by atoms with van der Waals surface area (Å²) in [4.78, 5) is 0. The second-order valence-electron chi connectivity index (χ2n) is 2.22. The number of hydrogen-bond acceptors (Lipinski definition) is 2. The fourth-order valence-electron chi connectivity index (χ4n) is 0.742. The van der Waals surface area contributed by atoms with Crippen LogP contribution in [0, 0.1) is 9.39 Å². The van der Waals surface area contributed by atoms with Crippen LogP contribution in [0.5, 0.6) is 5.75 Å². The largest absolute Gasteiger partial charge is 0.466 e. The molecule has 0 saturated carbocycles. The van der Waals surface area contributed by atoms with Crippen LogP contribution in [0.3, 0.4) is 0 Å². The number of hydrogen-bond donors (Lipinski definition) is 0. The van der Waals surface area contributed by atoms with Gasteiger partial charge in [-0.2, -0.15) is 0 Å². The number of rotatable bonds is 3. The van der Waals surface area contributed by atoms with Crippen molar-refractivity contribution >= 4 is 34.2 Å². The first-order valence-corrected chi connectivity index (χ1v) is 4.87. The van der Waals surface area contributed by atoms with Gasteiger partial charge in [0.2, 0.25) is 0 Å². The van der Waals surface area contributed by atoms with E-state index in [4.69, 9.17) is 21.1 Å². The molecule has 0 amide bonds. The second kappa shape index (κ2) is 4.97. The SMILES string of the molecule is COCOc1ccc(F)c(I)c1Cl. The molecule has 0 spiro atoms. The lowest BCUT2D eigenvalue weighted by molar-refractivity contribution is 0.0511. The molecule has 0 unspecified atom stereocenters. The molecule has 72 valence electrons. The minimum absolute atomic E-state index is 0.0986. The maximum atomic E-state index is 12.9. The summed E-state index contributed by atoms with van der Waals surface area (Å²) in [6, 6.07) is 2.78. The summed E-state index contributed by atoms with van der Waals surface area (Å²) >= 11 is 7.62. The van der Waals surface area contributed by atoms with Crippen LogP contribution >= 0.6 is 34.2 Å². The van der Waals surface area contributed by atoms with E-state index in [0.717, 1.165) is 0 Å². The van der Waals surface area contributed by atoms with Crippen LogP contribution in [0.4, 0.5) is 4.39 Å². The molecule has 0 fully saturated rings. The Morgan fingerprint density at radius 2 is 2.23 bits per heavy atom. The Morgan fingerprint density at radius 1 is 1.54 bits per heavy atom. The third-order valence-electron chi connectivity index (χ3n) is 1.33. The molecule has 1 rings (SSSR count). The molecule has 0 N–H and O–H groups in total. The van der Waals surface area contributed by atoms with Crippen molar-refractivity contribution in [2.75, 3.05) is 13.9 Å². The highest BCUT2D eigenvalue weighted by molar-refractivity contribution is 14.1. The maximum Gasteiger partial charge on any atom is 0.188 e. The van der Waals surface area contributed by atoms with Crippen molar-refractivity contribution in [1.82, 2.24) is 0 Å². The monoisotopic (exact) mass is 316 g/mol. The molecule has 2 nitrogen and oxygen atoms in total. The van der Waals surface area contributed by atoms with E-state index in [-0.39, 0.29) is 17.6 Å². The zero-order valence-electron chi connectivity index (χ0n) is 6.81. The van der Waals surface area contributed by atoms with Gasteiger partial charge in [-0.1, -0.05) is 11.6 Å². The Bertz CT molecular complexity index is 306. The molecule has 0 heterocycles. The smallest absolute Gasteiger partial charge is 0.188 e. The highest BCUT2D eigenvalue weighted by atomic mass is 127. The summed E-state index contributed by atoms with van der Waals surface area (Å²) in [7, 11) is 1.50. The average molecular weight is 316 g/mol. The Hall–Kier alpha value is -0.0700. The minimum Gasteiger partial charge on any atom is -0.466 e. The second-order valence-corrected chi connectivity index (χ2v) is 3.68. The normalized spacial score (nSPS) is 10.2. The van der Waals surface area contributed by atoms with E-state index in [9.17, 15) is 4.39 Å². The van der Waals surface area contributed by atoms with Crippen molar-refractivity contribution in [2.24, 2.45) is 0 Å². The van der Waals surface area contributed by atoms with Gasteiger partial charge in [0.25, 0.3) is 0 Å². The van der Waals surface area contributed by atoms with Crippen LogP contribution in [0.25, 0.3) is 0 Å². The summed E-state index contributed by atoms with van der Waals surface area (Å²) in [5, 5.41) is 0.276. The van der Waals surface area contributed by atoms with Gasteiger partial charge in [-0.05, 0) is 34.7 Å². The van der Waals surface area contributed by atoms with Crippen LogP contribution in [0.15, 0.2) is 12.1 Å². The van der Waals surface area contributed by atoms with Crippen LogP contribution in [0.1, 0.15) is 0 Å². The van der Waals surface area contributed by atoms with E-state index < -0.39 is 0 Å². The van der Waals surface area contributed by atoms with E-state index >= 15 is 0 Å². The van der Waals surface area contributed by atoms with Gasteiger partial charge in [-0.15, -0.1) is 0 Å². The standard InChI is InChI=1S/C8H7ClFIO2/c1-12-4-13-6-3-2-5(10)8(11)7(6)9/h2-3H,4H2,1H3. The maximum absolute atomic E-state index is 12.9. The van der Waals surface area contributed by atoms with Crippen LogP contribution in [0.2, 0.25) is 5.02 Å². The Labute approximate surface area is 94.1 Å². The van der Waals surface area contributed by atoms with E-state index in [1.54, 1.807) is 0 Å². The molecule has 0 bridgehead atoms. The summed E-state index contributed by atoms with van der Waals surface area (Å²) in [5.74, 6) is 0.0738. The third-order valence-corrected chi connectivity index (χ3v) is 3.08. The van der Waals surface area contributed by atoms with E-state index in [0.29, 0.717) is 9.32 Å². The van der Waals surface area contributed by atoms with Crippen molar-refractivity contribution in [3.8, 4) is 5.75 Å². The van der Waals surface area contributed by atoms with Gasteiger partial charge in [0.15, 0.2) is 6.79 Å². The number of methoxy groups -OCH3 is 1. The molecule has 0 aliphatic carbocycles. The van der Waals surface area contributed by atoms with Gasteiger partial charge in [0.05, 0.1) is 8.59 Å². The highest BCUT2D eigenvalue weighted by Crippen LogP contribution is 2.31. The van der Waals surface area contributed by atoms with E-state index in [2.05, 4.69) is 0 Å². The Kier molecular flexibility index (Phi) is 4.21. The summed E-state index contributed by atoms with van der Waals surface area (Å²) in [6.45, 7) is 0.0986. The summed E-state index contributed by atoms with van der Waals surface area (Å²) in [6.07, 6.45) is 0. The lowest BCUT2D eigenvalue weighted by Crippen LogP contribution is -2.00. The first kappa shape index (κ1) is 11.0. The molecule has 1 aromatic rings. The van der Waals surface area contributed by atoms with Crippen molar-refractivity contribution in [2.45, 2.75) is 0 Å². The van der Waals surface area contributed by atoms with Crippen molar-refractivity contribution < 1.29 is 13.9 Å². The molecule has 0 atom stereocenters. The van der Waals surface area contributed by atoms with Gasteiger partial charge < -0.3 is 9.47 Å². The molecule has 1 aromatic carbocycles. The summed E-state index contributed by atoms with van der Waals surface area (Å²) in [5.41, 5.74) is 0. The molecule has 13 heavy (non-hydrogen) atoms. The predicted octanol–water partition coefficient (Wildman–Crippen LogP) is 3.07. The number of benzene rings is 1. The fraction of sp³-hybridized carbons (Fsp3) is 0.250. The van der Waals surface area contributed by atoms with Crippen LogP contribution < -0.4 is 4.74 Å². The highest BCUT2D eigenvalue weighted by Gasteiger charge is 2.09. The zero-order valence-corrected chi connectivity index (χ0v) is 9.73. The van der Waals surface area contributed by atoms with Crippen molar-refractivity contribution in [1.29, 1.82) is 0 Å². The molecule has 0 aromatic heterocycles. The molecule has 0 saturated heterocycles. The van der Waals surface area contributed by atoms with Crippen molar-refractivity contribution in [3.63, 3.8) is 0 Å². The summed E-state index contributed by atoms with van der Waals surface area (Å²) < 4.78 is 23.0. The molecular formula is C8H7ClFIO2. The van der Waals surface area contributed by atoms with Gasteiger partial charge >= 0.3 is 0 Å².